The van der Waals surface area contributed by atoms with Crippen molar-refractivity contribution in [3.05, 3.63) is 44.8 Å². The van der Waals surface area contributed by atoms with Crippen molar-refractivity contribution in [2.45, 2.75) is 26.4 Å². The molecule has 0 aliphatic rings. The predicted octanol–water partition coefficient (Wildman–Crippen LogP) is 3.90. The second kappa shape index (κ2) is 6.27. The van der Waals surface area contributed by atoms with Crippen LogP contribution in [-0.4, -0.2) is 23.3 Å². The molecule has 0 aliphatic heterocycles. The Hall–Kier alpha value is -0.970. The summed E-state index contributed by atoms with van der Waals surface area (Å²) in [5, 5.41) is 4.03. The molecule has 0 saturated heterocycles. The lowest BCUT2D eigenvalue weighted by molar-refractivity contribution is 0.0903. The van der Waals surface area contributed by atoms with Gasteiger partial charge in [-0.1, -0.05) is 12.1 Å². The van der Waals surface area contributed by atoms with Gasteiger partial charge in [0.15, 0.2) is 5.78 Å². The number of hydrogen-bond acceptors (Lipinski definition) is 4. The fraction of sp³-hybridized carbons (Fsp3) is 0.357. The summed E-state index contributed by atoms with van der Waals surface area (Å²) in [4.78, 5) is 16.5. The number of Topliss-reactive ketones (excluding diaryl/α,β-unsaturated/α-hetero) is 1. The van der Waals surface area contributed by atoms with Gasteiger partial charge in [0.25, 0.3) is 0 Å². The van der Waals surface area contributed by atoms with Crippen LogP contribution in [-0.2, 0) is 6.54 Å². The van der Waals surface area contributed by atoms with Gasteiger partial charge in [0.2, 0.25) is 0 Å². The fourth-order valence-electron chi connectivity index (χ4n) is 1.72. The van der Waals surface area contributed by atoms with Crippen LogP contribution >= 0.6 is 22.7 Å². The third-order valence-corrected chi connectivity index (χ3v) is 4.58. The van der Waals surface area contributed by atoms with E-state index in [4.69, 9.17) is 0 Å². The highest BCUT2D eigenvalue weighted by atomic mass is 32.1. The summed E-state index contributed by atoms with van der Waals surface area (Å²) in [6.07, 6.45) is 0. The van der Waals surface area contributed by atoms with Crippen LogP contribution in [0.1, 0.15) is 28.4 Å². The summed E-state index contributed by atoms with van der Waals surface area (Å²) < 4.78 is 0. The highest BCUT2D eigenvalue weighted by molar-refractivity contribution is 7.12. The molecule has 2 nitrogen and oxygen atoms in total. The second-order valence-corrected chi connectivity index (χ2v) is 6.46. The first kappa shape index (κ1) is 13.5. The monoisotopic (exact) mass is 279 g/mol. The number of ketones is 1. The lowest BCUT2D eigenvalue weighted by Gasteiger charge is -2.24. The Kier molecular flexibility index (Phi) is 4.69. The molecule has 2 rings (SSSR count). The number of nitrogens with zero attached hydrogens (tertiary/aromatic N) is 1. The molecule has 0 N–H and O–H groups in total. The van der Waals surface area contributed by atoms with E-state index in [9.17, 15) is 4.79 Å². The summed E-state index contributed by atoms with van der Waals surface area (Å²) in [7, 11) is 0. The Morgan fingerprint density at radius 1 is 1.22 bits per heavy atom. The van der Waals surface area contributed by atoms with Gasteiger partial charge >= 0.3 is 0 Å². The molecule has 0 fully saturated rings. The number of thiophene rings is 2. The minimum absolute atomic E-state index is 0.218. The van der Waals surface area contributed by atoms with Gasteiger partial charge in [-0.05, 0) is 36.7 Å². The number of rotatable bonds is 6. The maximum atomic E-state index is 12.1. The minimum Gasteiger partial charge on any atom is -0.292 e. The third kappa shape index (κ3) is 3.51. The molecule has 2 aromatic rings. The zero-order valence-corrected chi connectivity index (χ0v) is 12.3. The van der Waals surface area contributed by atoms with Crippen LogP contribution in [0.15, 0.2) is 35.0 Å². The summed E-state index contributed by atoms with van der Waals surface area (Å²) >= 11 is 3.26. The second-order valence-electron chi connectivity index (χ2n) is 4.48. The van der Waals surface area contributed by atoms with E-state index in [-0.39, 0.29) is 5.78 Å². The number of carbonyl (C=O) groups is 1. The van der Waals surface area contributed by atoms with E-state index >= 15 is 0 Å². The normalized spacial score (nSPS) is 11.3. The molecule has 2 aromatic heterocycles. The summed E-state index contributed by atoms with van der Waals surface area (Å²) in [5.74, 6) is 0.218. The highest BCUT2D eigenvalue weighted by Crippen LogP contribution is 2.16. The first-order valence-corrected chi connectivity index (χ1v) is 7.76. The van der Waals surface area contributed by atoms with Crippen LogP contribution in [0.25, 0.3) is 0 Å². The van der Waals surface area contributed by atoms with Crippen LogP contribution in [0.2, 0.25) is 0 Å². The van der Waals surface area contributed by atoms with E-state index in [0.29, 0.717) is 12.6 Å². The molecule has 0 radical (unpaired) electrons. The van der Waals surface area contributed by atoms with E-state index in [1.165, 1.54) is 16.2 Å². The van der Waals surface area contributed by atoms with E-state index in [1.54, 1.807) is 11.3 Å². The fourth-order valence-corrected chi connectivity index (χ4v) is 3.11. The first-order chi connectivity index (χ1) is 8.66. The molecule has 0 unspecified atom stereocenters. The van der Waals surface area contributed by atoms with Crippen LogP contribution < -0.4 is 0 Å². The van der Waals surface area contributed by atoms with Gasteiger partial charge in [-0.25, -0.2) is 0 Å². The average Bonchev–Trinajstić information content (AvgIpc) is 3.00. The largest absolute Gasteiger partial charge is 0.292 e. The smallest absolute Gasteiger partial charge is 0.186 e. The zero-order valence-electron chi connectivity index (χ0n) is 10.6. The van der Waals surface area contributed by atoms with Crippen molar-refractivity contribution in [2.75, 3.05) is 6.54 Å². The lowest BCUT2D eigenvalue weighted by Crippen LogP contribution is -2.34. The van der Waals surface area contributed by atoms with Gasteiger partial charge < -0.3 is 0 Å². The Morgan fingerprint density at radius 3 is 2.50 bits per heavy atom. The highest BCUT2D eigenvalue weighted by Gasteiger charge is 2.16. The van der Waals surface area contributed by atoms with Gasteiger partial charge in [0, 0.05) is 17.5 Å². The lowest BCUT2D eigenvalue weighted by atomic mass is 10.2. The molecule has 4 heteroatoms. The molecule has 18 heavy (non-hydrogen) atoms. The molecule has 96 valence electrons. The quantitative estimate of drug-likeness (QED) is 0.747. The molecule has 0 atom stereocenters. The summed E-state index contributed by atoms with van der Waals surface area (Å²) in [5.41, 5.74) is 0. The van der Waals surface area contributed by atoms with Crippen molar-refractivity contribution in [3.8, 4) is 0 Å². The van der Waals surface area contributed by atoms with E-state index in [1.807, 2.05) is 17.5 Å². The van der Waals surface area contributed by atoms with Crippen molar-refractivity contribution in [1.29, 1.82) is 0 Å². The topological polar surface area (TPSA) is 20.3 Å². The maximum Gasteiger partial charge on any atom is 0.186 e. The van der Waals surface area contributed by atoms with E-state index in [0.717, 1.165) is 11.4 Å². The average molecular weight is 279 g/mol. The molecule has 0 amide bonds. The van der Waals surface area contributed by atoms with Crippen LogP contribution in [0.4, 0.5) is 0 Å². The van der Waals surface area contributed by atoms with Gasteiger partial charge in [0.1, 0.15) is 0 Å². The number of carbonyl (C=O) groups excluding carboxylic acids is 1. The molecule has 2 heterocycles. The van der Waals surface area contributed by atoms with E-state index < -0.39 is 0 Å². The van der Waals surface area contributed by atoms with Crippen LogP contribution in [0.3, 0.4) is 0 Å². The number of hydrogen-bond donors (Lipinski definition) is 0. The van der Waals surface area contributed by atoms with E-state index in [2.05, 4.69) is 36.3 Å². The van der Waals surface area contributed by atoms with Crippen molar-refractivity contribution < 1.29 is 4.79 Å². The molecule has 0 spiro atoms. The third-order valence-electron chi connectivity index (χ3n) is 2.81. The van der Waals surface area contributed by atoms with Crippen molar-refractivity contribution in [3.63, 3.8) is 0 Å². The Labute approximate surface area is 116 Å². The van der Waals surface area contributed by atoms with Crippen molar-refractivity contribution >= 4 is 28.5 Å². The standard InChI is InChI=1S/C14H17NOS2/c1-11(2)15(9-12-5-3-7-17-12)10-13(16)14-6-4-8-18-14/h3-8,11H,9-10H2,1-2H3. The first-order valence-electron chi connectivity index (χ1n) is 6.00. The van der Waals surface area contributed by atoms with Gasteiger partial charge in [0.05, 0.1) is 11.4 Å². The SMILES string of the molecule is CC(C)N(CC(=O)c1cccs1)Cc1cccs1. The van der Waals surface area contributed by atoms with Crippen molar-refractivity contribution in [1.82, 2.24) is 4.90 Å². The molecule has 0 saturated carbocycles. The summed E-state index contributed by atoms with van der Waals surface area (Å²) in [6.45, 7) is 5.62. The molecule has 0 aliphatic carbocycles. The Bertz CT molecular complexity index is 474. The molecular formula is C14H17NOS2. The Balaban J connectivity index is 2.00. The van der Waals surface area contributed by atoms with Crippen LogP contribution in [0, 0.1) is 0 Å². The summed E-state index contributed by atoms with van der Waals surface area (Å²) in [6, 6.07) is 8.37. The molecule has 0 bridgehead atoms. The minimum atomic E-state index is 0.218. The maximum absolute atomic E-state index is 12.1. The molecular weight excluding hydrogens is 262 g/mol. The van der Waals surface area contributed by atoms with Gasteiger partial charge in [-0.2, -0.15) is 0 Å². The molecule has 0 aromatic carbocycles. The zero-order chi connectivity index (χ0) is 13.0. The Morgan fingerprint density at radius 2 is 1.94 bits per heavy atom. The van der Waals surface area contributed by atoms with Crippen LogP contribution in [0.5, 0.6) is 0 Å². The predicted molar refractivity (Wildman–Crippen MR) is 78.5 cm³/mol. The van der Waals surface area contributed by atoms with Gasteiger partial charge in [-0.3, -0.25) is 9.69 Å². The van der Waals surface area contributed by atoms with Crippen molar-refractivity contribution in [2.24, 2.45) is 0 Å². The van der Waals surface area contributed by atoms with Gasteiger partial charge in [-0.15, -0.1) is 22.7 Å².